The molecule has 1 unspecified atom stereocenters. The summed E-state index contributed by atoms with van der Waals surface area (Å²) in [5.74, 6) is 1.58. The van der Waals surface area contributed by atoms with Crippen molar-refractivity contribution in [3.8, 4) is 0 Å². The van der Waals surface area contributed by atoms with Gasteiger partial charge in [0.2, 0.25) is 0 Å². The molecule has 2 N–H and O–H groups in total. The second-order valence-corrected chi connectivity index (χ2v) is 6.10. The summed E-state index contributed by atoms with van der Waals surface area (Å²) in [4.78, 5) is 4.12. The molecule has 0 aliphatic rings. The largest absolute Gasteiger partial charge is 0.330 e. The van der Waals surface area contributed by atoms with Gasteiger partial charge in [-0.1, -0.05) is 20.8 Å². The van der Waals surface area contributed by atoms with Crippen LogP contribution in [0.1, 0.15) is 39.4 Å². The van der Waals surface area contributed by atoms with Crippen molar-refractivity contribution < 1.29 is 0 Å². The first kappa shape index (κ1) is 13.9. The average Bonchev–Trinajstić information content (AvgIpc) is 2.76. The van der Waals surface area contributed by atoms with Crippen LogP contribution in [0.5, 0.6) is 0 Å². The fourth-order valence-electron chi connectivity index (χ4n) is 2.48. The summed E-state index contributed by atoms with van der Waals surface area (Å²) >= 11 is 0. The van der Waals surface area contributed by atoms with Gasteiger partial charge in [-0.3, -0.25) is 4.40 Å². The number of nitrogens with two attached hydrogens (primary N) is 1. The lowest BCUT2D eigenvalue weighted by Gasteiger charge is -2.30. The van der Waals surface area contributed by atoms with Gasteiger partial charge in [0, 0.05) is 18.7 Å². The minimum absolute atomic E-state index is 0.276. The van der Waals surface area contributed by atoms with E-state index in [-0.39, 0.29) is 5.41 Å². The van der Waals surface area contributed by atoms with Crippen molar-refractivity contribution in [3.05, 3.63) is 24.4 Å². The van der Waals surface area contributed by atoms with Gasteiger partial charge in [0.15, 0.2) is 5.65 Å². The van der Waals surface area contributed by atoms with E-state index in [1.807, 2.05) is 10.5 Å². The molecule has 2 rings (SSSR count). The summed E-state index contributed by atoms with van der Waals surface area (Å²) in [6.45, 7) is 7.56. The fraction of sp³-hybridized carbons (Fsp3) is 0.643. The van der Waals surface area contributed by atoms with Crippen molar-refractivity contribution in [1.82, 2.24) is 19.6 Å². The number of aryl methyl sites for hydroxylation is 1. The Hall–Kier alpha value is -1.49. The van der Waals surface area contributed by atoms with Crippen molar-refractivity contribution >= 4 is 5.65 Å². The van der Waals surface area contributed by atoms with E-state index in [0.717, 1.165) is 37.3 Å². The molecule has 19 heavy (non-hydrogen) atoms. The van der Waals surface area contributed by atoms with E-state index in [0.29, 0.717) is 5.92 Å². The molecule has 2 heterocycles. The number of rotatable bonds is 5. The molecule has 0 saturated carbocycles. The van der Waals surface area contributed by atoms with Crippen LogP contribution in [0.25, 0.3) is 5.65 Å². The molecular weight excluding hydrogens is 238 g/mol. The maximum Gasteiger partial charge on any atom is 0.163 e. The van der Waals surface area contributed by atoms with Crippen LogP contribution in [0, 0.1) is 11.3 Å². The summed E-state index contributed by atoms with van der Waals surface area (Å²) in [5.41, 5.74) is 6.86. The highest BCUT2D eigenvalue weighted by Gasteiger charge is 2.24. The second-order valence-electron chi connectivity index (χ2n) is 6.10. The third-order valence-corrected chi connectivity index (χ3v) is 3.74. The number of aromatic nitrogens is 4. The van der Waals surface area contributed by atoms with Gasteiger partial charge in [0.05, 0.1) is 0 Å². The van der Waals surface area contributed by atoms with Gasteiger partial charge in [-0.25, -0.2) is 4.98 Å². The number of nitrogens with zero attached hydrogens (tertiary/aromatic N) is 4. The van der Waals surface area contributed by atoms with Gasteiger partial charge in [0.1, 0.15) is 12.2 Å². The van der Waals surface area contributed by atoms with E-state index >= 15 is 0 Å². The zero-order chi connectivity index (χ0) is 13.9. The summed E-state index contributed by atoms with van der Waals surface area (Å²) in [6, 6.07) is 1.87. The van der Waals surface area contributed by atoms with E-state index in [1.54, 1.807) is 12.5 Å². The van der Waals surface area contributed by atoms with Crippen LogP contribution in [0.15, 0.2) is 18.6 Å². The van der Waals surface area contributed by atoms with Crippen LogP contribution < -0.4 is 5.73 Å². The maximum absolute atomic E-state index is 5.72. The Morgan fingerprint density at radius 3 is 2.74 bits per heavy atom. The molecule has 0 fully saturated rings. The maximum atomic E-state index is 5.72. The van der Waals surface area contributed by atoms with Crippen LogP contribution >= 0.6 is 0 Å². The third kappa shape index (κ3) is 3.29. The predicted molar refractivity (Wildman–Crippen MR) is 75.7 cm³/mol. The van der Waals surface area contributed by atoms with Gasteiger partial charge in [-0.05, 0) is 30.7 Å². The molecule has 2 aromatic heterocycles. The molecule has 0 radical (unpaired) electrons. The minimum atomic E-state index is 0.276. The quantitative estimate of drug-likeness (QED) is 0.894. The third-order valence-electron chi connectivity index (χ3n) is 3.74. The van der Waals surface area contributed by atoms with Gasteiger partial charge in [-0.15, -0.1) is 10.2 Å². The van der Waals surface area contributed by atoms with Gasteiger partial charge >= 0.3 is 0 Å². The summed E-state index contributed by atoms with van der Waals surface area (Å²) in [5, 5.41) is 8.40. The Bertz CT molecular complexity index is 526. The van der Waals surface area contributed by atoms with Crippen molar-refractivity contribution in [2.75, 3.05) is 6.54 Å². The van der Waals surface area contributed by atoms with Gasteiger partial charge in [-0.2, -0.15) is 0 Å². The summed E-state index contributed by atoms with van der Waals surface area (Å²) < 4.78 is 1.96. The second kappa shape index (κ2) is 5.65. The smallest absolute Gasteiger partial charge is 0.163 e. The molecule has 0 aromatic carbocycles. The Balaban J connectivity index is 2.08. The molecule has 0 aliphatic carbocycles. The lowest BCUT2D eigenvalue weighted by Crippen LogP contribution is -2.24. The zero-order valence-corrected chi connectivity index (χ0v) is 12.0. The first-order chi connectivity index (χ1) is 9.02. The fourth-order valence-corrected chi connectivity index (χ4v) is 2.48. The Kier molecular flexibility index (Phi) is 4.14. The number of hydrogen-bond donors (Lipinski definition) is 1. The molecular formula is C14H23N5. The molecule has 0 bridgehead atoms. The molecule has 0 aliphatic heterocycles. The molecule has 0 amide bonds. The SMILES string of the molecule is CC(C)(C)C(CCN)CCc1nnc2ccncn12. The lowest BCUT2D eigenvalue weighted by molar-refractivity contribution is 0.214. The molecule has 0 spiro atoms. The van der Waals surface area contributed by atoms with Crippen LogP contribution in [0.2, 0.25) is 0 Å². The molecule has 0 saturated heterocycles. The van der Waals surface area contributed by atoms with Gasteiger partial charge < -0.3 is 5.73 Å². The molecule has 5 nitrogen and oxygen atoms in total. The standard InChI is InChI=1S/C14H23N5/c1-14(2,3)11(6-8-15)4-5-12-17-18-13-7-9-16-10-19(12)13/h7,9-11H,4-6,8,15H2,1-3H3. The lowest BCUT2D eigenvalue weighted by atomic mass is 9.76. The van der Waals surface area contributed by atoms with E-state index in [1.165, 1.54) is 0 Å². The van der Waals surface area contributed by atoms with E-state index in [4.69, 9.17) is 5.73 Å². The number of fused-ring (bicyclic) bond motifs is 1. The zero-order valence-electron chi connectivity index (χ0n) is 12.0. The van der Waals surface area contributed by atoms with E-state index in [2.05, 4.69) is 36.0 Å². The van der Waals surface area contributed by atoms with Crippen LogP contribution in [0.4, 0.5) is 0 Å². The van der Waals surface area contributed by atoms with Crippen LogP contribution in [0.3, 0.4) is 0 Å². The molecule has 2 aromatic rings. The average molecular weight is 261 g/mol. The van der Waals surface area contributed by atoms with Crippen molar-refractivity contribution in [1.29, 1.82) is 0 Å². The van der Waals surface area contributed by atoms with Crippen molar-refractivity contribution in [3.63, 3.8) is 0 Å². The highest BCUT2D eigenvalue weighted by atomic mass is 15.3. The summed E-state index contributed by atoms with van der Waals surface area (Å²) in [7, 11) is 0. The highest BCUT2D eigenvalue weighted by molar-refractivity contribution is 5.35. The Labute approximate surface area is 114 Å². The molecule has 5 heteroatoms. The first-order valence-electron chi connectivity index (χ1n) is 6.86. The van der Waals surface area contributed by atoms with Crippen LogP contribution in [-0.4, -0.2) is 26.1 Å². The molecule has 104 valence electrons. The Morgan fingerprint density at radius 1 is 1.26 bits per heavy atom. The van der Waals surface area contributed by atoms with Crippen LogP contribution in [-0.2, 0) is 6.42 Å². The normalized spacial score (nSPS) is 13.9. The van der Waals surface area contributed by atoms with Crippen molar-refractivity contribution in [2.45, 2.75) is 40.0 Å². The molecule has 1 atom stereocenters. The predicted octanol–water partition coefficient (Wildman–Crippen LogP) is 2.07. The topological polar surface area (TPSA) is 69.1 Å². The minimum Gasteiger partial charge on any atom is -0.330 e. The highest BCUT2D eigenvalue weighted by Crippen LogP contribution is 2.31. The Morgan fingerprint density at radius 2 is 2.05 bits per heavy atom. The summed E-state index contributed by atoms with van der Waals surface area (Å²) in [6.07, 6.45) is 6.56. The monoisotopic (exact) mass is 261 g/mol. The van der Waals surface area contributed by atoms with Gasteiger partial charge in [0.25, 0.3) is 0 Å². The van der Waals surface area contributed by atoms with Crippen molar-refractivity contribution in [2.24, 2.45) is 17.1 Å². The van der Waals surface area contributed by atoms with E-state index < -0.39 is 0 Å². The number of hydrogen-bond acceptors (Lipinski definition) is 4. The van der Waals surface area contributed by atoms with E-state index in [9.17, 15) is 0 Å². The first-order valence-corrected chi connectivity index (χ1v) is 6.86.